The maximum atomic E-state index is 5.47. The van der Waals surface area contributed by atoms with Crippen LogP contribution < -0.4 is 5.32 Å². The first-order chi connectivity index (χ1) is 13.4. The average molecular weight is 383 g/mol. The van der Waals surface area contributed by atoms with Gasteiger partial charge in [-0.25, -0.2) is 0 Å². The molecule has 27 heavy (non-hydrogen) atoms. The maximum absolute atomic E-state index is 5.47. The molecule has 1 saturated heterocycles. The summed E-state index contributed by atoms with van der Waals surface area (Å²) in [4.78, 5) is 9.53. The standard InChI is InChI=1S/C21H26N4OS/c1-2-7-13-25(12-6-1)16-18-10-11-19(27-18)21-23-20(24-26-21)15-22-14-17-8-4-3-5-9-17/h3-5,8-11,22H,1-2,6-7,12-16H2. The lowest BCUT2D eigenvalue weighted by atomic mass is 10.2. The van der Waals surface area contributed by atoms with Gasteiger partial charge in [0.2, 0.25) is 0 Å². The van der Waals surface area contributed by atoms with Crippen LogP contribution in [0.5, 0.6) is 0 Å². The first-order valence-corrected chi connectivity index (χ1v) is 10.6. The Labute approximate surface area is 164 Å². The molecule has 0 spiro atoms. The van der Waals surface area contributed by atoms with Gasteiger partial charge in [-0.3, -0.25) is 4.90 Å². The van der Waals surface area contributed by atoms with Crippen LogP contribution in [0.4, 0.5) is 0 Å². The quantitative estimate of drug-likeness (QED) is 0.654. The van der Waals surface area contributed by atoms with Crippen molar-refractivity contribution in [2.45, 2.75) is 45.3 Å². The number of nitrogens with zero attached hydrogens (tertiary/aromatic N) is 3. The minimum Gasteiger partial charge on any atom is -0.333 e. The van der Waals surface area contributed by atoms with E-state index in [9.17, 15) is 0 Å². The van der Waals surface area contributed by atoms with Gasteiger partial charge in [-0.2, -0.15) is 4.98 Å². The smallest absolute Gasteiger partial charge is 0.268 e. The summed E-state index contributed by atoms with van der Waals surface area (Å²) in [6, 6.07) is 14.6. The molecule has 1 N–H and O–H groups in total. The highest BCUT2D eigenvalue weighted by Crippen LogP contribution is 2.28. The van der Waals surface area contributed by atoms with Gasteiger partial charge in [-0.1, -0.05) is 48.3 Å². The van der Waals surface area contributed by atoms with Crippen molar-refractivity contribution in [3.8, 4) is 10.8 Å². The Bertz CT molecular complexity index is 822. The second-order valence-corrected chi connectivity index (χ2v) is 8.23. The fourth-order valence-electron chi connectivity index (χ4n) is 3.43. The number of hydrogen-bond donors (Lipinski definition) is 1. The Morgan fingerprint density at radius 2 is 1.78 bits per heavy atom. The van der Waals surface area contributed by atoms with Gasteiger partial charge in [-0.05, 0) is 43.6 Å². The molecular formula is C21H26N4OS. The van der Waals surface area contributed by atoms with Crippen molar-refractivity contribution in [2.75, 3.05) is 13.1 Å². The number of nitrogens with one attached hydrogen (secondary N) is 1. The van der Waals surface area contributed by atoms with Gasteiger partial charge in [0.25, 0.3) is 5.89 Å². The molecule has 4 rings (SSSR count). The number of aromatic nitrogens is 2. The number of hydrogen-bond acceptors (Lipinski definition) is 6. The summed E-state index contributed by atoms with van der Waals surface area (Å²) in [5.74, 6) is 1.32. The van der Waals surface area contributed by atoms with Crippen molar-refractivity contribution >= 4 is 11.3 Å². The molecule has 1 fully saturated rings. The largest absolute Gasteiger partial charge is 0.333 e. The number of likely N-dealkylation sites (tertiary alicyclic amines) is 1. The van der Waals surface area contributed by atoms with Crippen molar-refractivity contribution in [1.82, 2.24) is 20.4 Å². The zero-order chi connectivity index (χ0) is 18.3. The molecule has 142 valence electrons. The van der Waals surface area contributed by atoms with E-state index < -0.39 is 0 Å². The van der Waals surface area contributed by atoms with Crippen LogP contribution in [0.1, 0.15) is 41.9 Å². The zero-order valence-electron chi connectivity index (χ0n) is 15.6. The summed E-state index contributed by atoms with van der Waals surface area (Å²) in [7, 11) is 0. The summed E-state index contributed by atoms with van der Waals surface area (Å²) < 4.78 is 5.47. The van der Waals surface area contributed by atoms with Crippen LogP contribution in [-0.4, -0.2) is 28.1 Å². The fourth-order valence-corrected chi connectivity index (χ4v) is 4.40. The van der Waals surface area contributed by atoms with Crippen molar-refractivity contribution in [2.24, 2.45) is 0 Å². The molecule has 5 nitrogen and oxygen atoms in total. The third-order valence-corrected chi connectivity index (χ3v) is 5.93. The van der Waals surface area contributed by atoms with Crippen LogP contribution in [0.25, 0.3) is 10.8 Å². The lowest BCUT2D eigenvalue weighted by Gasteiger charge is -2.18. The van der Waals surface area contributed by atoms with Gasteiger partial charge in [-0.15, -0.1) is 11.3 Å². The van der Waals surface area contributed by atoms with Crippen LogP contribution in [0.2, 0.25) is 0 Å². The van der Waals surface area contributed by atoms with Crippen molar-refractivity contribution in [3.63, 3.8) is 0 Å². The van der Waals surface area contributed by atoms with E-state index in [1.54, 1.807) is 11.3 Å². The topological polar surface area (TPSA) is 54.2 Å². The van der Waals surface area contributed by atoms with E-state index >= 15 is 0 Å². The number of benzene rings is 1. The Hall–Kier alpha value is -2.02. The molecule has 0 bridgehead atoms. The zero-order valence-corrected chi connectivity index (χ0v) is 16.4. The highest BCUT2D eigenvalue weighted by molar-refractivity contribution is 7.15. The first-order valence-electron chi connectivity index (χ1n) is 9.75. The molecule has 0 radical (unpaired) electrons. The molecule has 2 aromatic heterocycles. The molecule has 6 heteroatoms. The van der Waals surface area contributed by atoms with E-state index in [2.05, 4.69) is 44.6 Å². The van der Waals surface area contributed by atoms with E-state index in [4.69, 9.17) is 4.52 Å². The van der Waals surface area contributed by atoms with E-state index in [1.165, 1.54) is 49.2 Å². The molecule has 0 aliphatic carbocycles. The second kappa shape index (κ2) is 9.26. The minimum absolute atomic E-state index is 0.602. The molecule has 0 atom stereocenters. The highest BCUT2D eigenvalue weighted by atomic mass is 32.1. The van der Waals surface area contributed by atoms with Crippen LogP contribution in [-0.2, 0) is 19.6 Å². The average Bonchev–Trinajstić information content (AvgIpc) is 3.27. The van der Waals surface area contributed by atoms with Crippen molar-refractivity contribution in [3.05, 3.63) is 58.7 Å². The molecular weight excluding hydrogens is 356 g/mol. The lowest BCUT2D eigenvalue weighted by Crippen LogP contribution is -2.23. The normalized spacial score (nSPS) is 15.7. The van der Waals surface area contributed by atoms with E-state index in [1.807, 2.05) is 18.2 Å². The van der Waals surface area contributed by atoms with E-state index in [-0.39, 0.29) is 0 Å². The third-order valence-electron chi connectivity index (χ3n) is 4.87. The molecule has 3 aromatic rings. The monoisotopic (exact) mass is 382 g/mol. The van der Waals surface area contributed by atoms with Crippen LogP contribution in [0, 0.1) is 0 Å². The summed E-state index contributed by atoms with van der Waals surface area (Å²) >= 11 is 1.76. The van der Waals surface area contributed by atoms with Gasteiger partial charge in [0.05, 0.1) is 11.4 Å². The summed E-state index contributed by atoms with van der Waals surface area (Å²) in [6.07, 6.45) is 5.38. The molecule has 1 aliphatic rings. The van der Waals surface area contributed by atoms with E-state index in [0.29, 0.717) is 18.3 Å². The van der Waals surface area contributed by atoms with Gasteiger partial charge in [0, 0.05) is 18.0 Å². The first kappa shape index (κ1) is 18.3. The molecule has 1 aromatic carbocycles. The molecule has 3 heterocycles. The molecule has 1 aliphatic heterocycles. The van der Waals surface area contributed by atoms with Crippen LogP contribution in [0.15, 0.2) is 47.0 Å². The highest BCUT2D eigenvalue weighted by Gasteiger charge is 2.14. The maximum Gasteiger partial charge on any atom is 0.268 e. The van der Waals surface area contributed by atoms with Crippen molar-refractivity contribution < 1.29 is 4.52 Å². The van der Waals surface area contributed by atoms with Gasteiger partial charge < -0.3 is 9.84 Å². The van der Waals surface area contributed by atoms with Crippen molar-refractivity contribution in [1.29, 1.82) is 0 Å². The summed E-state index contributed by atoms with van der Waals surface area (Å²) in [6.45, 7) is 4.86. The number of thiophene rings is 1. The fraction of sp³-hybridized carbons (Fsp3) is 0.429. The van der Waals surface area contributed by atoms with Gasteiger partial charge >= 0.3 is 0 Å². The summed E-state index contributed by atoms with van der Waals surface area (Å²) in [5.41, 5.74) is 1.25. The van der Waals surface area contributed by atoms with E-state index in [0.717, 1.165) is 18.0 Å². The third kappa shape index (κ3) is 5.25. The molecule has 0 saturated carbocycles. The SMILES string of the molecule is c1ccc(CNCc2noc(-c3ccc(CN4CCCCCC4)s3)n2)cc1. The Morgan fingerprint density at radius 3 is 2.59 bits per heavy atom. The predicted octanol–water partition coefficient (Wildman–Crippen LogP) is 4.46. The van der Waals surface area contributed by atoms with Crippen LogP contribution >= 0.6 is 11.3 Å². The Kier molecular flexibility index (Phi) is 6.29. The lowest BCUT2D eigenvalue weighted by molar-refractivity contribution is 0.279. The predicted molar refractivity (Wildman–Crippen MR) is 108 cm³/mol. The molecule has 0 unspecified atom stereocenters. The van der Waals surface area contributed by atoms with Gasteiger partial charge in [0.1, 0.15) is 0 Å². The Morgan fingerprint density at radius 1 is 0.963 bits per heavy atom. The van der Waals surface area contributed by atoms with Gasteiger partial charge in [0.15, 0.2) is 5.82 Å². The Balaban J connectivity index is 1.31. The number of rotatable bonds is 7. The second-order valence-electron chi connectivity index (χ2n) is 7.06. The summed E-state index contributed by atoms with van der Waals surface area (Å²) in [5, 5.41) is 7.47. The molecule has 0 amide bonds. The minimum atomic E-state index is 0.602. The van der Waals surface area contributed by atoms with Crippen LogP contribution in [0.3, 0.4) is 0 Å².